The van der Waals surface area contributed by atoms with Crippen molar-refractivity contribution in [1.29, 1.82) is 0 Å². The summed E-state index contributed by atoms with van der Waals surface area (Å²) < 4.78 is 0. The maximum atomic E-state index is 12.1. The number of carbonyl (C=O) groups is 2. The number of aliphatic carboxylic acids is 1. The van der Waals surface area contributed by atoms with Gasteiger partial charge in [-0.05, 0) is 25.0 Å². The topological polar surface area (TPSA) is 79.3 Å². The van der Waals surface area contributed by atoms with Gasteiger partial charge >= 0.3 is 5.97 Å². The van der Waals surface area contributed by atoms with Gasteiger partial charge in [0.2, 0.25) is 5.91 Å². The maximum absolute atomic E-state index is 12.1. The van der Waals surface area contributed by atoms with Gasteiger partial charge in [-0.3, -0.25) is 14.6 Å². The van der Waals surface area contributed by atoms with Crippen molar-refractivity contribution >= 4 is 11.9 Å². The first kappa shape index (κ1) is 13.5. The fourth-order valence-corrected chi connectivity index (χ4v) is 2.46. The standard InChI is InChI=1S/C14H18N2O3/c17-13(18)9-12(11-7-3-4-8-15-11)16-14(19)10-5-1-2-6-10/h3-4,7-8,10,12H,1-2,5-6,9H2,(H,16,19)(H,17,18). The molecule has 19 heavy (non-hydrogen) atoms. The lowest BCUT2D eigenvalue weighted by molar-refractivity contribution is -0.138. The number of carboxylic acids is 1. The number of aromatic nitrogens is 1. The number of nitrogens with zero attached hydrogens (tertiary/aromatic N) is 1. The summed E-state index contributed by atoms with van der Waals surface area (Å²) in [6.07, 6.45) is 5.40. The van der Waals surface area contributed by atoms with Gasteiger partial charge in [0.1, 0.15) is 0 Å². The van der Waals surface area contributed by atoms with Crippen LogP contribution in [0.2, 0.25) is 0 Å². The maximum Gasteiger partial charge on any atom is 0.305 e. The van der Waals surface area contributed by atoms with Crippen molar-refractivity contribution in [3.8, 4) is 0 Å². The minimum absolute atomic E-state index is 0.0278. The second-order valence-corrected chi connectivity index (χ2v) is 4.90. The SMILES string of the molecule is O=C(O)CC(NC(=O)C1CCCC1)c1ccccn1. The van der Waals surface area contributed by atoms with Crippen LogP contribution in [0.3, 0.4) is 0 Å². The summed E-state index contributed by atoms with van der Waals surface area (Å²) in [5.41, 5.74) is 0.594. The number of carboxylic acid groups (broad SMARTS) is 1. The summed E-state index contributed by atoms with van der Waals surface area (Å²) in [7, 11) is 0. The molecule has 0 saturated heterocycles. The zero-order valence-electron chi connectivity index (χ0n) is 10.7. The number of rotatable bonds is 5. The normalized spacial score (nSPS) is 17.1. The molecule has 0 aromatic carbocycles. The van der Waals surface area contributed by atoms with Crippen LogP contribution >= 0.6 is 0 Å². The molecule has 1 atom stereocenters. The van der Waals surface area contributed by atoms with Crippen LogP contribution in [0.25, 0.3) is 0 Å². The lowest BCUT2D eigenvalue weighted by Crippen LogP contribution is -2.34. The van der Waals surface area contributed by atoms with E-state index in [2.05, 4.69) is 10.3 Å². The Labute approximate surface area is 112 Å². The molecule has 0 aliphatic heterocycles. The van der Waals surface area contributed by atoms with Crippen molar-refractivity contribution in [3.05, 3.63) is 30.1 Å². The van der Waals surface area contributed by atoms with E-state index in [1.165, 1.54) is 0 Å². The van der Waals surface area contributed by atoms with E-state index >= 15 is 0 Å². The van der Waals surface area contributed by atoms with Gasteiger partial charge in [0.15, 0.2) is 0 Å². The zero-order valence-corrected chi connectivity index (χ0v) is 10.7. The van der Waals surface area contributed by atoms with Crippen LogP contribution in [0.15, 0.2) is 24.4 Å². The molecule has 5 heteroatoms. The molecule has 102 valence electrons. The predicted molar refractivity (Wildman–Crippen MR) is 69.3 cm³/mol. The minimum atomic E-state index is -0.942. The number of amides is 1. The summed E-state index contributed by atoms with van der Waals surface area (Å²) in [5, 5.41) is 11.8. The van der Waals surface area contributed by atoms with Crippen LogP contribution in [0, 0.1) is 5.92 Å². The summed E-state index contributed by atoms with van der Waals surface area (Å²) in [6, 6.07) is 4.74. The molecule has 1 heterocycles. The molecule has 2 rings (SSSR count). The van der Waals surface area contributed by atoms with E-state index in [0.29, 0.717) is 5.69 Å². The Hall–Kier alpha value is -1.91. The van der Waals surface area contributed by atoms with Crippen LogP contribution in [0.1, 0.15) is 43.8 Å². The molecule has 1 fully saturated rings. The molecule has 0 radical (unpaired) electrons. The summed E-state index contributed by atoms with van der Waals surface area (Å²) in [6.45, 7) is 0. The molecule has 0 bridgehead atoms. The number of hydrogen-bond acceptors (Lipinski definition) is 3. The summed E-state index contributed by atoms with van der Waals surface area (Å²) in [4.78, 5) is 27.1. The highest BCUT2D eigenvalue weighted by molar-refractivity contribution is 5.80. The summed E-state index contributed by atoms with van der Waals surface area (Å²) in [5.74, 6) is -0.961. The molecule has 1 aromatic rings. The second kappa shape index (κ2) is 6.31. The minimum Gasteiger partial charge on any atom is -0.481 e. The molecule has 1 saturated carbocycles. The van der Waals surface area contributed by atoms with Crippen molar-refractivity contribution < 1.29 is 14.7 Å². The number of nitrogens with one attached hydrogen (secondary N) is 1. The Bertz CT molecular complexity index is 441. The molecular formula is C14H18N2O3. The van der Waals surface area contributed by atoms with Gasteiger partial charge in [-0.15, -0.1) is 0 Å². The van der Waals surface area contributed by atoms with Crippen molar-refractivity contribution in [2.24, 2.45) is 5.92 Å². The predicted octanol–water partition coefficient (Wildman–Crippen LogP) is 1.90. The Kier molecular flexibility index (Phi) is 4.49. The highest BCUT2D eigenvalue weighted by atomic mass is 16.4. The monoisotopic (exact) mass is 262 g/mol. The quantitative estimate of drug-likeness (QED) is 0.849. The molecule has 0 spiro atoms. The Morgan fingerprint density at radius 1 is 1.37 bits per heavy atom. The molecule has 1 aliphatic rings. The molecule has 5 nitrogen and oxygen atoms in total. The number of carbonyl (C=O) groups excluding carboxylic acids is 1. The van der Waals surface area contributed by atoms with Crippen molar-refractivity contribution in [2.75, 3.05) is 0 Å². The van der Waals surface area contributed by atoms with E-state index in [4.69, 9.17) is 5.11 Å². The van der Waals surface area contributed by atoms with E-state index < -0.39 is 12.0 Å². The van der Waals surface area contributed by atoms with E-state index in [0.717, 1.165) is 25.7 Å². The van der Waals surface area contributed by atoms with Gasteiger partial charge < -0.3 is 10.4 Å². The first-order valence-electron chi connectivity index (χ1n) is 6.60. The third kappa shape index (κ3) is 3.77. The van der Waals surface area contributed by atoms with Gasteiger partial charge in [-0.2, -0.15) is 0 Å². The van der Waals surface area contributed by atoms with E-state index in [-0.39, 0.29) is 18.2 Å². The van der Waals surface area contributed by atoms with Crippen LogP contribution in [0.5, 0.6) is 0 Å². The van der Waals surface area contributed by atoms with Crippen LogP contribution in [-0.4, -0.2) is 22.0 Å². The van der Waals surface area contributed by atoms with Gasteiger partial charge in [0.05, 0.1) is 18.2 Å². The van der Waals surface area contributed by atoms with Crippen molar-refractivity contribution in [1.82, 2.24) is 10.3 Å². The largest absolute Gasteiger partial charge is 0.481 e. The third-order valence-electron chi connectivity index (χ3n) is 3.47. The van der Waals surface area contributed by atoms with Gasteiger partial charge in [-0.1, -0.05) is 18.9 Å². The lowest BCUT2D eigenvalue weighted by Gasteiger charge is -2.18. The van der Waals surface area contributed by atoms with E-state index in [9.17, 15) is 9.59 Å². The van der Waals surface area contributed by atoms with Crippen molar-refractivity contribution in [2.45, 2.75) is 38.1 Å². The first-order valence-corrected chi connectivity index (χ1v) is 6.60. The summed E-state index contributed by atoms with van der Waals surface area (Å²) >= 11 is 0. The molecule has 1 amide bonds. The molecular weight excluding hydrogens is 244 g/mol. The highest BCUT2D eigenvalue weighted by Crippen LogP contribution is 2.26. The van der Waals surface area contributed by atoms with Crippen LogP contribution in [0.4, 0.5) is 0 Å². The smallest absolute Gasteiger partial charge is 0.305 e. The van der Waals surface area contributed by atoms with Gasteiger partial charge in [0, 0.05) is 12.1 Å². The average Bonchev–Trinajstić information content (AvgIpc) is 2.92. The molecule has 2 N–H and O–H groups in total. The first-order chi connectivity index (χ1) is 9.16. The molecule has 1 unspecified atom stereocenters. The molecule has 1 aliphatic carbocycles. The van der Waals surface area contributed by atoms with Gasteiger partial charge in [0.25, 0.3) is 0 Å². The molecule has 1 aromatic heterocycles. The van der Waals surface area contributed by atoms with Crippen molar-refractivity contribution in [3.63, 3.8) is 0 Å². The Morgan fingerprint density at radius 3 is 2.68 bits per heavy atom. The highest BCUT2D eigenvalue weighted by Gasteiger charge is 2.26. The fourth-order valence-electron chi connectivity index (χ4n) is 2.46. The Morgan fingerprint density at radius 2 is 2.11 bits per heavy atom. The van der Waals surface area contributed by atoms with E-state index in [1.54, 1.807) is 24.4 Å². The van der Waals surface area contributed by atoms with E-state index in [1.807, 2.05) is 0 Å². The zero-order chi connectivity index (χ0) is 13.7. The average molecular weight is 262 g/mol. The van der Waals surface area contributed by atoms with Crippen LogP contribution < -0.4 is 5.32 Å². The lowest BCUT2D eigenvalue weighted by atomic mass is 10.0. The number of hydrogen-bond donors (Lipinski definition) is 2. The Balaban J connectivity index is 2.05. The third-order valence-corrected chi connectivity index (χ3v) is 3.47. The van der Waals surface area contributed by atoms with Gasteiger partial charge in [-0.25, -0.2) is 0 Å². The fraction of sp³-hybridized carbons (Fsp3) is 0.500. The number of pyridine rings is 1. The van der Waals surface area contributed by atoms with Crippen LogP contribution in [-0.2, 0) is 9.59 Å². The second-order valence-electron chi connectivity index (χ2n) is 4.90.